The van der Waals surface area contributed by atoms with Gasteiger partial charge in [-0.2, -0.15) is 0 Å². The van der Waals surface area contributed by atoms with Crippen LogP contribution in [0.4, 0.5) is 11.4 Å². The van der Waals surface area contributed by atoms with Crippen LogP contribution in [0.3, 0.4) is 0 Å². The van der Waals surface area contributed by atoms with Crippen molar-refractivity contribution in [3.63, 3.8) is 0 Å². The zero-order valence-electron chi connectivity index (χ0n) is 20.5. The molecule has 0 saturated carbocycles. The van der Waals surface area contributed by atoms with Crippen molar-refractivity contribution in [2.24, 2.45) is 11.8 Å². The molecule has 3 unspecified atom stereocenters. The molecule has 6 atom stereocenters. The number of benzene rings is 3. The van der Waals surface area contributed by atoms with Gasteiger partial charge in [0.1, 0.15) is 11.6 Å². The Morgan fingerprint density at radius 3 is 2.45 bits per heavy atom. The Kier molecular flexibility index (Phi) is 6.45. The number of nitrogens with one attached hydrogen (secondary N) is 2. The van der Waals surface area contributed by atoms with E-state index < -0.39 is 29.6 Å². The summed E-state index contributed by atoms with van der Waals surface area (Å²) < 4.78 is 6.50. The Morgan fingerprint density at radius 1 is 0.974 bits per heavy atom. The molecule has 9 heteroatoms. The van der Waals surface area contributed by atoms with Crippen LogP contribution in [-0.2, 0) is 19.1 Å². The lowest BCUT2D eigenvalue weighted by molar-refractivity contribution is -0.139. The van der Waals surface area contributed by atoms with Crippen molar-refractivity contribution in [1.29, 1.82) is 0 Å². The topological polar surface area (TPSA) is 108 Å². The summed E-state index contributed by atoms with van der Waals surface area (Å²) in [6.45, 7) is 0.0698. The van der Waals surface area contributed by atoms with Gasteiger partial charge in [-0.3, -0.25) is 14.4 Å². The average Bonchev–Trinajstić information content (AvgIpc) is 3.51. The van der Waals surface area contributed by atoms with Gasteiger partial charge < -0.3 is 25.4 Å². The summed E-state index contributed by atoms with van der Waals surface area (Å²) in [5.41, 5.74) is 0.100. The van der Waals surface area contributed by atoms with Gasteiger partial charge in [-0.1, -0.05) is 64.5 Å². The summed E-state index contributed by atoms with van der Waals surface area (Å²) in [5.74, 6) is -2.50. The van der Waals surface area contributed by atoms with Gasteiger partial charge in [-0.05, 0) is 47.9 Å². The first-order valence-electron chi connectivity index (χ1n) is 12.8. The maximum Gasteiger partial charge on any atom is 0.250 e. The Hall–Kier alpha value is -3.27. The lowest BCUT2D eigenvalue weighted by Gasteiger charge is -2.34. The minimum Gasteiger partial charge on any atom is -0.396 e. The van der Waals surface area contributed by atoms with E-state index in [2.05, 4.69) is 26.6 Å². The summed E-state index contributed by atoms with van der Waals surface area (Å²) in [5, 5.41) is 17.5. The van der Waals surface area contributed by atoms with Gasteiger partial charge in [0.25, 0.3) is 0 Å². The first-order valence-corrected chi connectivity index (χ1v) is 13.7. The molecule has 3 saturated heterocycles. The van der Waals surface area contributed by atoms with Crippen LogP contribution < -0.4 is 10.6 Å². The molecule has 0 aliphatic carbocycles. The fourth-order valence-corrected chi connectivity index (χ4v) is 7.38. The van der Waals surface area contributed by atoms with Crippen molar-refractivity contribution in [3.05, 3.63) is 72.8 Å². The SMILES string of the molecule is O=C(Nc1ccc2ccccc2c1)C1N(CCCO)C(=O)[C@@H]2[C@H](C(=O)Nc3ccccc3)[C@H]3OC12CC3Br. The third-order valence-corrected chi connectivity index (χ3v) is 8.80. The molecule has 3 aromatic carbocycles. The Bertz CT molecular complexity index is 1400. The fraction of sp³-hybridized carbons (Fsp3) is 0.345. The molecule has 6 rings (SSSR count). The molecule has 3 amide bonds. The molecule has 0 radical (unpaired) electrons. The summed E-state index contributed by atoms with van der Waals surface area (Å²) >= 11 is 3.68. The number of aliphatic hydroxyl groups excluding tert-OH is 1. The summed E-state index contributed by atoms with van der Waals surface area (Å²) in [6.07, 6.45) is 0.203. The summed E-state index contributed by atoms with van der Waals surface area (Å²) in [7, 11) is 0. The number of anilines is 2. The van der Waals surface area contributed by atoms with E-state index in [4.69, 9.17) is 4.74 Å². The smallest absolute Gasteiger partial charge is 0.250 e. The van der Waals surface area contributed by atoms with Crippen LogP contribution in [0.15, 0.2) is 72.8 Å². The molecule has 3 fully saturated rings. The van der Waals surface area contributed by atoms with Gasteiger partial charge in [-0.15, -0.1) is 0 Å². The van der Waals surface area contributed by atoms with E-state index >= 15 is 0 Å². The van der Waals surface area contributed by atoms with E-state index in [-0.39, 0.29) is 35.7 Å². The highest BCUT2D eigenvalue weighted by molar-refractivity contribution is 9.09. The van der Waals surface area contributed by atoms with Gasteiger partial charge in [0.15, 0.2) is 0 Å². The number of ether oxygens (including phenoxy) is 1. The predicted octanol–water partition coefficient (Wildman–Crippen LogP) is 3.55. The van der Waals surface area contributed by atoms with Gasteiger partial charge in [0.2, 0.25) is 17.7 Å². The number of amides is 3. The first kappa shape index (κ1) is 25.0. The molecular weight excluding hydrogens is 550 g/mol. The number of fused-ring (bicyclic) bond motifs is 2. The first-order chi connectivity index (χ1) is 18.4. The van der Waals surface area contributed by atoms with Crippen molar-refractivity contribution in [3.8, 4) is 0 Å². The molecule has 1 spiro atoms. The van der Waals surface area contributed by atoms with Crippen LogP contribution in [0.25, 0.3) is 10.8 Å². The van der Waals surface area contributed by atoms with Crippen molar-refractivity contribution in [2.45, 2.75) is 35.4 Å². The molecular formula is C29H28BrN3O5. The number of para-hydroxylation sites is 1. The van der Waals surface area contributed by atoms with Gasteiger partial charge in [-0.25, -0.2) is 0 Å². The molecule has 3 aliphatic heterocycles. The van der Waals surface area contributed by atoms with Crippen LogP contribution in [0.2, 0.25) is 0 Å². The molecule has 196 valence electrons. The Morgan fingerprint density at radius 2 is 1.68 bits per heavy atom. The maximum atomic E-state index is 13.9. The van der Waals surface area contributed by atoms with Crippen LogP contribution >= 0.6 is 15.9 Å². The summed E-state index contributed by atoms with van der Waals surface area (Å²) in [4.78, 5) is 42.6. The van der Waals surface area contributed by atoms with E-state index in [1.54, 1.807) is 12.1 Å². The zero-order valence-corrected chi connectivity index (χ0v) is 22.1. The largest absolute Gasteiger partial charge is 0.396 e. The molecule has 3 N–H and O–H groups in total. The van der Waals surface area contributed by atoms with Gasteiger partial charge >= 0.3 is 0 Å². The van der Waals surface area contributed by atoms with E-state index in [9.17, 15) is 19.5 Å². The lowest BCUT2D eigenvalue weighted by atomic mass is 9.70. The monoisotopic (exact) mass is 577 g/mol. The third kappa shape index (κ3) is 4.00. The number of alkyl halides is 1. The van der Waals surface area contributed by atoms with E-state index in [1.807, 2.05) is 60.7 Å². The van der Waals surface area contributed by atoms with Crippen LogP contribution in [0.1, 0.15) is 12.8 Å². The quantitative estimate of drug-likeness (QED) is 0.372. The molecule has 3 aromatic rings. The highest BCUT2D eigenvalue weighted by Crippen LogP contribution is 2.60. The van der Waals surface area contributed by atoms with E-state index in [1.165, 1.54) is 4.90 Å². The number of hydrogen-bond donors (Lipinski definition) is 3. The number of likely N-dealkylation sites (tertiary alicyclic amines) is 1. The number of halogens is 1. The molecule has 38 heavy (non-hydrogen) atoms. The van der Waals surface area contributed by atoms with Crippen LogP contribution in [-0.4, -0.2) is 63.5 Å². The number of carbonyl (C=O) groups excluding carboxylic acids is 3. The van der Waals surface area contributed by atoms with Crippen molar-refractivity contribution in [2.75, 3.05) is 23.8 Å². The minimum absolute atomic E-state index is 0.122. The second-order valence-electron chi connectivity index (χ2n) is 10.2. The number of rotatable bonds is 7. The standard InChI is InChI=1S/C29H28BrN3O5/c30-21-16-29-23(22(24(21)38-29)26(35)31-19-9-2-1-3-10-19)28(37)33(13-6-14-34)25(29)27(36)32-20-12-11-17-7-4-5-8-18(17)15-20/h1-5,7-12,15,21-25,34H,6,13-14,16H2,(H,31,35)(H,32,36)/t21?,22-,23-,24-,25?,29?/m0/s1. The number of aliphatic hydroxyl groups is 1. The van der Waals surface area contributed by atoms with Crippen LogP contribution in [0, 0.1) is 11.8 Å². The van der Waals surface area contributed by atoms with Crippen molar-refractivity contribution >= 4 is 55.8 Å². The van der Waals surface area contributed by atoms with Crippen molar-refractivity contribution < 1.29 is 24.2 Å². The van der Waals surface area contributed by atoms with Crippen LogP contribution in [0.5, 0.6) is 0 Å². The highest BCUT2D eigenvalue weighted by Gasteiger charge is 2.76. The minimum atomic E-state index is -1.15. The molecule has 2 bridgehead atoms. The second kappa shape index (κ2) is 9.80. The number of hydrogen-bond acceptors (Lipinski definition) is 5. The zero-order chi connectivity index (χ0) is 26.4. The van der Waals surface area contributed by atoms with E-state index in [0.29, 0.717) is 24.2 Å². The average molecular weight is 578 g/mol. The normalized spacial score (nSPS) is 29.5. The lowest BCUT2D eigenvalue weighted by Crippen LogP contribution is -2.54. The molecule has 8 nitrogen and oxygen atoms in total. The molecule has 3 heterocycles. The third-order valence-electron chi connectivity index (χ3n) is 7.96. The summed E-state index contributed by atoms with van der Waals surface area (Å²) in [6, 6.07) is 21.7. The highest BCUT2D eigenvalue weighted by atomic mass is 79.9. The van der Waals surface area contributed by atoms with Crippen molar-refractivity contribution in [1.82, 2.24) is 4.90 Å². The molecule has 3 aliphatic rings. The maximum absolute atomic E-state index is 13.9. The predicted molar refractivity (Wildman–Crippen MR) is 147 cm³/mol. The Labute approximate surface area is 228 Å². The number of nitrogens with zero attached hydrogens (tertiary/aromatic N) is 1. The van der Waals surface area contributed by atoms with Gasteiger partial charge in [0, 0.05) is 29.4 Å². The van der Waals surface area contributed by atoms with E-state index in [0.717, 1.165) is 10.8 Å². The Balaban J connectivity index is 1.33. The fourth-order valence-electron chi connectivity index (χ4n) is 6.44. The molecule has 0 aromatic heterocycles. The van der Waals surface area contributed by atoms with Gasteiger partial charge in [0.05, 0.1) is 17.9 Å². The number of carbonyl (C=O) groups is 3. The second-order valence-corrected chi connectivity index (χ2v) is 11.4.